The van der Waals surface area contributed by atoms with Gasteiger partial charge < -0.3 is 4.74 Å². The van der Waals surface area contributed by atoms with Crippen LogP contribution < -0.4 is 4.31 Å². The number of ether oxygens (including phenoxy) is 1. The van der Waals surface area contributed by atoms with Gasteiger partial charge in [0.2, 0.25) is 0 Å². The Balaban J connectivity index is 1.27. The third-order valence-corrected chi connectivity index (χ3v) is 9.87. The summed E-state index contributed by atoms with van der Waals surface area (Å²) in [6.45, 7) is 1.69. The molecule has 0 amide bonds. The van der Waals surface area contributed by atoms with Crippen LogP contribution in [0, 0.1) is 30.1 Å². The first-order valence-electron chi connectivity index (χ1n) is 12.0. The van der Waals surface area contributed by atoms with E-state index < -0.39 is 16.0 Å². The Morgan fingerprint density at radius 2 is 1.56 bits per heavy atom. The van der Waals surface area contributed by atoms with Gasteiger partial charge in [-0.05, 0) is 93.5 Å². The second-order valence-corrected chi connectivity index (χ2v) is 12.5. The van der Waals surface area contributed by atoms with Gasteiger partial charge in [0.1, 0.15) is 0 Å². The van der Waals surface area contributed by atoms with Crippen LogP contribution in [-0.2, 0) is 19.6 Å². The van der Waals surface area contributed by atoms with Crippen molar-refractivity contribution in [3.8, 4) is 0 Å². The Morgan fingerprint density at radius 3 is 2.15 bits per heavy atom. The molecule has 6 rings (SSSR count). The fourth-order valence-corrected chi connectivity index (χ4v) is 7.90. The molecule has 180 valence electrons. The zero-order valence-corrected chi connectivity index (χ0v) is 20.5. The molecule has 0 spiro atoms. The van der Waals surface area contributed by atoms with E-state index in [2.05, 4.69) is 0 Å². The van der Waals surface area contributed by atoms with Crippen molar-refractivity contribution >= 4 is 27.5 Å². The van der Waals surface area contributed by atoms with E-state index in [1.807, 2.05) is 19.1 Å². The zero-order chi connectivity index (χ0) is 24.1. The zero-order valence-electron chi connectivity index (χ0n) is 19.7. The molecule has 0 N–H and O–H groups in total. The van der Waals surface area contributed by atoms with E-state index in [0.717, 1.165) is 24.8 Å². The number of carbonyl (C=O) groups is 2. The molecule has 7 heteroatoms. The Labute approximate surface area is 201 Å². The van der Waals surface area contributed by atoms with Crippen molar-refractivity contribution in [2.45, 2.75) is 50.3 Å². The maximum absolute atomic E-state index is 13.1. The third kappa shape index (κ3) is 4.15. The van der Waals surface area contributed by atoms with Crippen molar-refractivity contribution in [3.05, 3.63) is 59.7 Å². The first-order chi connectivity index (χ1) is 16.2. The van der Waals surface area contributed by atoms with E-state index in [1.165, 1.54) is 54.9 Å². The number of esters is 1. The van der Waals surface area contributed by atoms with Gasteiger partial charge in [0.05, 0.1) is 16.1 Å². The summed E-state index contributed by atoms with van der Waals surface area (Å²) in [6, 6.07) is 13.0. The quantitative estimate of drug-likeness (QED) is 0.533. The van der Waals surface area contributed by atoms with Crippen molar-refractivity contribution in [1.29, 1.82) is 0 Å². The lowest BCUT2D eigenvalue weighted by atomic mass is 9.48. The molecule has 4 aliphatic carbocycles. The number of nitrogens with zero attached hydrogens (tertiary/aromatic N) is 1. The number of benzene rings is 2. The van der Waals surface area contributed by atoms with Crippen LogP contribution in [-0.4, -0.2) is 33.8 Å². The van der Waals surface area contributed by atoms with Gasteiger partial charge in [-0.3, -0.25) is 9.10 Å². The number of anilines is 1. The van der Waals surface area contributed by atoms with Gasteiger partial charge in [-0.25, -0.2) is 13.2 Å². The van der Waals surface area contributed by atoms with E-state index in [9.17, 15) is 18.0 Å². The monoisotopic (exact) mass is 481 g/mol. The summed E-state index contributed by atoms with van der Waals surface area (Å²) in [5, 5.41) is 0. The highest BCUT2D eigenvalue weighted by molar-refractivity contribution is 7.92. The number of Topliss-reactive ketones (excluding diaryl/α,β-unsaturated/α-hetero) is 1. The summed E-state index contributed by atoms with van der Waals surface area (Å²) in [5.41, 5.74) is 1.36. The molecule has 0 aromatic heterocycles. The van der Waals surface area contributed by atoms with Crippen molar-refractivity contribution in [2.24, 2.45) is 23.2 Å². The second kappa shape index (κ2) is 8.52. The van der Waals surface area contributed by atoms with E-state index in [1.54, 1.807) is 12.1 Å². The van der Waals surface area contributed by atoms with Gasteiger partial charge in [0.25, 0.3) is 10.0 Å². The van der Waals surface area contributed by atoms with Crippen molar-refractivity contribution < 1.29 is 22.7 Å². The average Bonchev–Trinajstić information content (AvgIpc) is 2.81. The van der Waals surface area contributed by atoms with E-state index >= 15 is 0 Å². The molecule has 0 radical (unpaired) electrons. The van der Waals surface area contributed by atoms with Gasteiger partial charge in [-0.2, -0.15) is 0 Å². The van der Waals surface area contributed by atoms with Gasteiger partial charge >= 0.3 is 5.97 Å². The first kappa shape index (κ1) is 23.1. The Bertz CT molecular complexity index is 1180. The van der Waals surface area contributed by atoms with Crippen LogP contribution in [0.5, 0.6) is 0 Å². The summed E-state index contributed by atoms with van der Waals surface area (Å²) in [6.07, 6.45) is 6.50. The van der Waals surface area contributed by atoms with E-state index in [0.29, 0.717) is 23.4 Å². The summed E-state index contributed by atoms with van der Waals surface area (Å²) >= 11 is 0. The van der Waals surface area contributed by atoms with Gasteiger partial charge in [0, 0.05) is 12.5 Å². The van der Waals surface area contributed by atoms with Crippen LogP contribution in [0.2, 0.25) is 0 Å². The van der Waals surface area contributed by atoms with Gasteiger partial charge in [-0.15, -0.1) is 0 Å². The fraction of sp³-hybridized carbons (Fsp3) is 0.481. The Morgan fingerprint density at radius 1 is 0.971 bits per heavy atom. The number of carbonyl (C=O) groups excluding carboxylic acids is 2. The van der Waals surface area contributed by atoms with Crippen LogP contribution >= 0.6 is 0 Å². The van der Waals surface area contributed by atoms with Crippen LogP contribution in [0.25, 0.3) is 0 Å². The summed E-state index contributed by atoms with van der Waals surface area (Å²) in [7, 11) is -2.38. The number of aryl methyl sites for hydroxylation is 1. The Hall–Kier alpha value is -2.67. The van der Waals surface area contributed by atoms with Crippen molar-refractivity contribution in [1.82, 2.24) is 0 Å². The van der Waals surface area contributed by atoms with Crippen LogP contribution in [0.1, 0.15) is 54.4 Å². The number of rotatable bonds is 7. The van der Waals surface area contributed by atoms with Crippen molar-refractivity contribution in [2.75, 3.05) is 18.0 Å². The Kier molecular flexibility index (Phi) is 5.79. The molecule has 0 heterocycles. The minimum absolute atomic E-state index is 0.00237. The molecule has 0 saturated heterocycles. The lowest BCUT2D eigenvalue weighted by molar-refractivity contribution is -0.147. The van der Waals surface area contributed by atoms with Crippen LogP contribution in [0.4, 0.5) is 5.69 Å². The number of hydrogen-bond acceptors (Lipinski definition) is 5. The first-order valence-corrected chi connectivity index (χ1v) is 13.5. The van der Waals surface area contributed by atoms with Crippen molar-refractivity contribution in [3.63, 3.8) is 0 Å². The smallest absolute Gasteiger partial charge is 0.338 e. The molecule has 0 unspecified atom stereocenters. The van der Waals surface area contributed by atoms with E-state index in [-0.39, 0.29) is 28.3 Å². The third-order valence-electron chi connectivity index (χ3n) is 8.09. The fourth-order valence-electron chi connectivity index (χ4n) is 6.65. The molecule has 4 saturated carbocycles. The molecule has 0 aliphatic heterocycles. The number of sulfonamides is 1. The molecule has 34 heavy (non-hydrogen) atoms. The van der Waals surface area contributed by atoms with Gasteiger partial charge in [0.15, 0.2) is 12.4 Å². The molecular weight excluding hydrogens is 450 g/mol. The summed E-state index contributed by atoms with van der Waals surface area (Å²) < 4.78 is 32.9. The predicted molar refractivity (Wildman–Crippen MR) is 129 cm³/mol. The maximum atomic E-state index is 13.1. The predicted octanol–water partition coefficient (Wildman–Crippen LogP) is 4.76. The van der Waals surface area contributed by atoms with Crippen LogP contribution in [0.15, 0.2) is 53.4 Å². The number of hydrogen-bond donors (Lipinski definition) is 0. The lowest BCUT2D eigenvalue weighted by Crippen LogP contribution is -2.51. The minimum atomic E-state index is -3.86. The van der Waals surface area contributed by atoms with Crippen LogP contribution in [0.3, 0.4) is 0 Å². The average molecular weight is 482 g/mol. The largest absolute Gasteiger partial charge is 0.454 e. The molecule has 2 aromatic rings. The standard InChI is InChI=1S/C27H31NO5S/c1-18-6-8-23(9-7-18)28(2)34(31,32)24-5-3-4-22(13-24)26(30)33-17-25(29)27-14-19-10-20(15-27)12-21(11-19)16-27/h3-9,13,19-21H,10-12,14-17H2,1-2H3. The molecule has 6 nitrogen and oxygen atoms in total. The summed E-state index contributed by atoms with van der Waals surface area (Å²) in [4.78, 5) is 25.9. The topological polar surface area (TPSA) is 80.8 Å². The molecule has 4 bridgehead atoms. The normalized spacial score (nSPS) is 27.4. The summed E-state index contributed by atoms with van der Waals surface area (Å²) in [5.74, 6) is 1.27. The van der Waals surface area contributed by atoms with E-state index in [4.69, 9.17) is 4.74 Å². The lowest BCUT2D eigenvalue weighted by Gasteiger charge is -2.55. The van der Waals surface area contributed by atoms with Gasteiger partial charge in [-0.1, -0.05) is 23.8 Å². The molecular formula is C27H31NO5S. The molecule has 4 fully saturated rings. The highest BCUT2D eigenvalue weighted by atomic mass is 32.2. The SMILES string of the molecule is Cc1ccc(N(C)S(=O)(=O)c2cccc(C(=O)OCC(=O)C34CC5CC(CC(C5)C3)C4)c2)cc1. The maximum Gasteiger partial charge on any atom is 0.338 e. The molecule has 2 aromatic carbocycles. The number of ketones is 1. The highest BCUT2D eigenvalue weighted by Crippen LogP contribution is 2.60. The highest BCUT2D eigenvalue weighted by Gasteiger charge is 2.54. The second-order valence-electron chi connectivity index (χ2n) is 10.5. The molecule has 0 atom stereocenters. The molecule has 4 aliphatic rings. The minimum Gasteiger partial charge on any atom is -0.454 e.